The average Bonchev–Trinajstić information content (AvgIpc) is 2.40. The molecule has 18 heavy (non-hydrogen) atoms. The average molecular weight is 379 g/mol. The van der Waals surface area contributed by atoms with Gasteiger partial charge in [-0.15, -0.1) is 0 Å². The number of amides is 1. The standard InChI is InChI=1S/C13H16ClIN2O/c14-9-4-5-12(15)11(7-9)13(18)17-8-10-3-1-2-6-16-10/h4-5,7,10,16H,1-3,6,8H2,(H,17,18). The Morgan fingerprint density at radius 1 is 1.50 bits per heavy atom. The van der Waals surface area contributed by atoms with Crippen LogP contribution in [0.5, 0.6) is 0 Å². The molecular formula is C13H16ClIN2O. The summed E-state index contributed by atoms with van der Waals surface area (Å²) >= 11 is 8.07. The lowest BCUT2D eigenvalue weighted by atomic mass is 10.1. The van der Waals surface area contributed by atoms with Crippen molar-refractivity contribution in [2.45, 2.75) is 25.3 Å². The van der Waals surface area contributed by atoms with Gasteiger partial charge in [-0.1, -0.05) is 18.0 Å². The van der Waals surface area contributed by atoms with Crippen molar-refractivity contribution in [3.8, 4) is 0 Å². The van der Waals surface area contributed by atoms with E-state index in [1.807, 2.05) is 6.07 Å². The summed E-state index contributed by atoms with van der Waals surface area (Å²) in [6.45, 7) is 1.73. The molecule has 0 saturated carbocycles. The van der Waals surface area contributed by atoms with Gasteiger partial charge in [0.05, 0.1) is 5.56 Å². The topological polar surface area (TPSA) is 41.1 Å². The van der Waals surface area contributed by atoms with Gasteiger partial charge in [-0.2, -0.15) is 0 Å². The van der Waals surface area contributed by atoms with Crippen molar-refractivity contribution in [3.05, 3.63) is 32.4 Å². The smallest absolute Gasteiger partial charge is 0.252 e. The molecular weight excluding hydrogens is 363 g/mol. The Morgan fingerprint density at radius 3 is 3.06 bits per heavy atom. The number of carbonyl (C=O) groups excluding carboxylic acids is 1. The molecule has 1 aromatic carbocycles. The van der Waals surface area contributed by atoms with E-state index >= 15 is 0 Å². The maximum atomic E-state index is 12.1. The van der Waals surface area contributed by atoms with Crippen LogP contribution in [0.1, 0.15) is 29.6 Å². The molecule has 1 saturated heterocycles. The van der Waals surface area contributed by atoms with Crippen molar-refractivity contribution < 1.29 is 4.79 Å². The van der Waals surface area contributed by atoms with Gasteiger partial charge in [-0.3, -0.25) is 4.79 Å². The highest BCUT2D eigenvalue weighted by molar-refractivity contribution is 14.1. The van der Waals surface area contributed by atoms with E-state index in [1.54, 1.807) is 12.1 Å². The number of nitrogens with one attached hydrogen (secondary N) is 2. The van der Waals surface area contributed by atoms with Gasteiger partial charge in [0.15, 0.2) is 0 Å². The van der Waals surface area contributed by atoms with E-state index in [-0.39, 0.29) is 5.91 Å². The molecule has 1 aromatic rings. The number of hydrogen-bond donors (Lipinski definition) is 2. The van der Waals surface area contributed by atoms with Gasteiger partial charge in [-0.25, -0.2) is 0 Å². The summed E-state index contributed by atoms with van der Waals surface area (Å²) in [5.41, 5.74) is 0.652. The SMILES string of the molecule is O=C(NCC1CCCCN1)c1cc(Cl)ccc1I. The van der Waals surface area contributed by atoms with Crippen LogP contribution in [0.15, 0.2) is 18.2 Å². The molecule has 1 heterocycles. The molecule has 0 radical (unpaired) electrons. The van der Waals surface area contributed by atoms with Gasteiger partial charge < -0.3 is 10.6 Å². The fourth-order valence-electron chi connectivity index (χ4n) is 2.08. The van der Waals surface area contributed by atoms with Crippen molar-refractivity contribution in [3.63, 3.8) is 0 Å². The van der Waals surface area contributed by atoms with E-state index in [2.05, 4.69) is 33.2 Å². The summed E-state index contributed by atoms with van der Waals surface area (Å²) in [6.07, 6.45) is 3.60. The van der Waals surface area contributed by atoms with Crippen LogP contribution in [0, 0.1) is 3.57 Å². The molecule has 2 rings (SSSR count). The minimum Gasteiger partial charge on any atom is -0.350 e. The van der Waals surface area contributed by atoms with E-state index < -0.39 is 0 Å². The zero-order chi connectivity index (χ0) is 13.0. The predicted octanol–water partition coefficient (Wildman–Crippen LogP) is 2.82. The zero-order valence-electron chi connectivity index (χ0n) is 10.0. The van der Waals surface area contributed by atoms with Crippen molar-refractivity contribution >= 4 is 40.1 Å². The van der Waals surface area contributed by atoms with Crippen LogP contribution in [0.3, 0.4) is 0 Å². The Bertz CT molecular complexity index is 433. The summed E-state index contributed by atoms with van der Waals surface area (Å²) in [5.74, 6) is -0.0470. The minimum absolute atomic E-state index is 0.0470. The van der Waals surface area contributed by atoms with Crippen LogP contribution in [0.4, 0.5) is 0 Å². The summed E-state index contributed by atoms with van der Waals surface area (Å²) in [5, 5.41) is 6.97. The van der Waals surface area contributed by atoms with Crippen molar-refractivity contribution in [2.24, 2.45) is 0 Å². The van der Waals surface area contributed by atoms with Gasteiger partial charge in [0.1, 0.15) is 0 Å². The normalized spacial score (nSPS) is 19.6. The van der Waals surface area contributed by atoms with E-state index in [4.69, 9.17) is 11.6 Å². The van der Waals surface area contributed by atoms with Gasteiger partial charge in [-0.05, 0) is 60.2 Å². The molecule has 1 aliphatic heterocycles. The predicted molar refractivity (Wildman–Crippen MR) is 82.1 cm³/mol. The molecule has 1 fully saturated rings. The molecule has 1 unspecified atom stereocenters. The first-order valence-electron chi connectivity index (χ1n) is 6.13. The van der Waals surface area contributed by atoms with Crippen LogP contribution in [-0.2, 0) is 0 Å². The van der Waals surface area contributed by atoms with Crippen LogP contribution in [-0.4, -0.2) is 25.0 Å². The number of halogens is 2. The third-order valence-electron chi connectivity index (χ3n) is 3.09. The highest BCUT2D eigenvalue weighted by Crippen LogP contribution is 2.17. The van der Waals surface area contributed by atoms with Crippen LogP contribution in [0.2, 0.25) is 5.02 Å². The maximum absolute atomic E-state index is 12.1. The van der Waals surface area contributed by atoms with E-state index in [0.717, 1.165) is 16.5 Å². The first-order chi connectivity index (χ1) is 8.66. The summed E-state index contributed by atoms with van der Waals surface area (Å²) in [6, 6.07) is 5.77. The van der Waals surface area contributed by atoms with Gasteiger partial charge >= 0.3 is 0 Å². The lowest BCUT2D eigenvalue weighted by Crippen LogP contribution is -2.43. The molecule has 98 valence electrons. The number of hydrogen-bond acceptors (Lipinski definition) is 2. The molecule has 1 amide bonds. The first kappa shape index (κ1) is 14.1. The molecule has 3 nitrogen and oxygen atoms in total. The fraction of sp³-hybridized carbons (Fsp3) is 0.462. The third kappa shape index (κ3) is 3.83. The Hall–Kier alpha value is -0.330. The maximum Gasteiger partial charge on any atom is 0.252 e. The second-order valence-electron chi connectivity index (χ2n) is 4.48. The van der Waals surface area contributed by atoms with Crippen molar-refractivity contribution in [1.82, 2.24) is 10.6 Å². The number of rotatable bonds is 3. The first-order valence-corrected chi connectivity index (χ1v) is 7.59. The largest absolute Gasteiger partial charge is 0.350 e. The zero-order valence-corrected chi connectivity index (χ0v) is 12.9. The second kappa shape index (κ2) is 6.73. The van der Waals surface area contributed by atoms with Crippen LogP contribution < -0.4 is 10.6 Å². The highest BCUT2D eigenvalue weighted by Gasteiger charge is 2.15. The summed E-state index contributed by atoms with van der Waals surface area (Å²) in [4.78, 5) is 12.1. The Kier molecular flexibility index (Phi) is 5.26. The van der Waals surface area contributed by atoms with E-state index in [1.165, 1.54) is 12.8 Å². The number of carbonyl (C=O) groups is 1. The van der Waals surface area contributed by atoms with Gasteiger partial charge in [0, 0.05) is 21.2 Å². The van der Waals surface area contributed by atoms with Crippen molar-refractivity contribution in [1.29, 1.82) is 0 Å². The number of piperidine rings is 1. The molecule has 0 spiro atoms. The van der Waals surface area contributed by atoms with Crippen molar-refractivity contribution in [2.75, 3.05) is 13.1 Å². The molecule has 1 atom stereocenters. The lowest BCUT2D eigenvalue weighted by molar-refractivity contribution is 0.0947. The van der Waals surface area contributed by atoms with Crippen LogP contribution >= 0.6 is 34.2 Å². The second-order valence-corrected chi connectivity index (χ2v) is 6.08. The Labute approximate surface area is 126 Å². The fourth-order valence-corrected chi connectivity index (χ4v) is 2.83. The van der Waals surface area contributed by atoms with E-state index in [0.29, 0.717) is 23.2 Å². The Balaban J connectivity index is 1.92. The molecule has 0 aromatic heterocycles. The molecule has 1 aliphatic rings. The van der Waals surface area contributed by atoms with E-state index in [9.17, 15) is 4.79 Å². The summed E-state index contributed by atoms with van der Waals surface area (Å²) in [7, 11) is 0. The highest BCUT2D eigenvalue weighted by atomic mass is 127. The monoisotopic (exact) mass is 378 g/mol. The molecule has 5 heteroatoms. The molecule has 2 N–H and O–H groups in total. The van der Waals surface area contributed by atoms with Crippen LogP contribution in [0.25, 0.3) is 0 Å². The molecule has 0 bridgehead atoms. The third-order valence-corrected chi connectivity index (χ3v) is 4.27. The lowest BCUT2D eigenvalue weighted by Gasteiger charge is -2.23. The van der Waals surface area contributed by atoms with Gasteiger partial charge in [0.25, 0.3) is 5.91 Å². The quantitative estimate of drug-likeness (QED) is 0.794. The van der Waals surface area contributed by atoms with Gasteiger partial charge in [0.2, 0.25) is 0 Å². The number of benzene rings is 1. The summed E-state index contributed by atoms with van der Waals surface area (Å²) < 4.78 is 0.922. The minimum atomic E-state index is -0.0470. The Morgan fingerprint density at radius 2 is 2.33 bits per heavy atom. The molecule has 0 aliphatic carbocycles.